The van der Waals surface area contributed by atoms with Crippen LogP contribution >= 0.6 is 0 Å². The van der Waals surface area contributed by atoms with E-state index in [0.29, 0.717) is 18.0 Å². The fourth-order valence-corrected chi connectivity index (χ4v) is 1.90. The van der Waals surface area contributed by atoms with E-state index < -0.39 is 0 Å². The van der Waals surface area contributed by atoms with Gasteiger partial charge in [-0.3, -0.25) is 4.79 Å². The molecule has 0 bridgehead atoms. The van der Waals surface area contributed by atoms with Crippen molar-refractivity contribution in [3.05, 3.63) is 42.0 Å². The summed E-state index contributed by atoms with van der Waals surface area (Å²) in [7, 11) is 1.50. The molecule has 106 valence electrons. The van der Waals surface area contributed by atoms with Gasteiger partial charge in [0, 0.05) is 18.5 Å². The van der Waals surface area contributed by atoms with Crippen LogP contribution in [0.1, 0.15) is 35.6 Å². The third-order valence-corrected chi connectivity index (χ3v) is 3.01. The largest absolute Gasteiger partial charge is 0.507 e. The Bertz CT molecular complexity index is 581. The molecule has 1 amide bonds. The number of methoxy groups -OCH3 is 1. The van der Waals surface area contributed by atoms with Crippen molar-refractivity contribution in [1.29, 1.82) is 0 Å². The predicted octanol–water partition coefficient (Wildman–Crippen LogP) is 2.00. The van der Waals surface area contributed by atoms with E-state index in [1.165, 1.54) is 19.2 Å². The van der Waals surface area contributed by atoms with Crippen molar-refractivity contribution in [3.8, 4) is 11.5 Å². The van der Waals surface area contributed by atoms with Gasteiger partial charge in [0.15, 0.2) is 0 Å². The van der Waals surface area contributed by atoms with Crippen molar-refractivity contribution in [3.63, 3.8) is 0 Å². The fraction of sp³-hybridized carbons (Fsp3) is 0.286. The number of nitrogens with one attached hydrogen (secondary N) is 2. The van der Waals surface area contributed by atoms with E-state index in [1.54, 1.807) is 18.5 Å². The minimum atomic E-state index is -0.353. The standard InChI is InChI=1S/C14H17N3O3/c1-3-11(13-15-6-7-16-13)17-14(19)10-5-4-9(20-2)8-12(10)18/h4-8,11,18H,3H2,1-2H3,(H,15,16)(H,17,19). The van der Waals surface area contributed by atoms with Crippen LogP contribution in [-0.2, 0) is 0 Å². The molecule has 0 aliphatic rings. The lowest BCUT2D eigenvalue weighted by molar-refractivity contribution is 0.0931. The number of imidazole rings is 1. The zero-order valence-corrected chi connectivity index (χ0v) is 11.4. The van der Waals surface area contributed by atoms with E-state index in [0.717, 1.165) is 0 Å². The maximum absolute atomic E-state index is 12.2. The van der Waals surface area contributed by atoms with Crippen LogP contribution in [0.25, 0.3) is 0 Å². The summed E-state index contributed by atoms with van der Waals surface area (Å²) in [4.78, 5) is 19.3. The summed E-state index contributed by atoms with van der Waals surface area (Å²) in [6.07, 6.45) is 4.03. The summed E-state index contributed by atoms with van der Waals surface area (Å²) in [5.41, 5.74) is 0.204. The van der Waals surface area contributed by atoms with Crippen LogP contribution < -0.4 is 10.1 Å². The second-order valence-corrected chi connectivity index (χ2v) is 4.29. The van der Waals surface area contributed by atoms with Crippen LogP contribution in [0.4, 0.5) is 0 Å². The molecule has 1 atom stereocenters. The van der Waals surface area contributed by atoms with Crippen LogP contribution in [0.5, 0.6) is 11.5 Å². The van der Waals surface area contributed by atoms with Gasteiger partial charge in [0.25, 0.3) is 5.91 Å². The van der Waals surface area contributed by atoms with Gasteiger partial charge in [-0.05, 0) is 18.6 Å². The number of phenols is 1. The van der Waals surface area contributed by atoms with Gasteiger partial charge >= 0.3 is 0 Å². The quantitative estimate of drug-likeness (QED) is 0.779. The van der Waals surface area contributed by atoms with Crippen LogP contribution in [-0.4, -0.2) is 28.1 Å². The van der Waals surface area contributed by atoms with Gasteiger partial charge in [0.2, 0.25) is 0 Å². The summed E-state index contributed by atoms with van der Waals surface area (Å²) in [6, 6.07) is 4.34. The number of amides is 1. The van der Waals surface area contributed by atoms with Gasteiger partial charge in [-0.15, -0.1) is 0 Å². The maximum Gasteiger partial charge on any atom is 0.255 e. The van der Waals surface area contributed by atoms with Crippen LogP contribution in [0.3, 0.4) is 0 Å². The summed E-state index contributed by atoms with van der Waals surface area (Å²) in [5.74, 6) is 0.718. The van der Waals surface area contributed by atoms with Gasteiger partial charge in [-0.1, -0.05) is 6.92 Å². The Morgan fingerprint density at radius 2 is 2.35 bits per heavy atom. The molecule has 0 saturated heterocycles. The molecule has 6 nitrogen and oxygen atoms in total. The number of rotatable bonds is 5. The zero-order chi connectivity index (χ0) is 14.5. The van der Waals surface area contributed by atoms with E-state index in [-0.39, 0.29) is 23.3 Å². The topological polar surface area (TPSA) is 87.2 Å². The van der Waals surface area contributed by atoms with Gasteiger partial charge < -0.3 is 20.1 Å². The summed E-state index contributed by atoms with van der Waals surface area (Å²) in [5, 5.41) is 12.7. The average molecular weight is 275 g/mol. The first kappa shape index (κ1) is 13.9. The molecular formula is C14H17N3O3. The number of hydrogen-bond donors (Lipinski definition) is 3. The minimum Gasteiger partial charge on any atom is -0.507 e. The highest BCUT2D eigenvalue weighted by Gasteiger charge is 2.18. The molecule has 0 spiro atoms. The Hall–Kier alpha value is -2.50. The number of aromatic amines is 1. The second kappa shape index (κ2) is 6.10. The first-order chi connectivity index (χ1) is 9.65. The molecule has 0 radical (unpaired) electrons. The zero-order valence-electron chi connectivity index (χ0n) is 11.4. The number of H-pyrrole nitrogens is 1. The van der Waals surface area contributed by atoms with Gasteiger partial charge in [0.05, 0.1) is 18.7 Å². The predicted molar refractivity (Wildman–Crippen MR) is 73.7 cm³/mol. The molecule has 0 saturated carbocycles. The molecule has 0 fully saturated rings. The van der Waals surface area contributed by atoms with Crippen molar-refractivity contribution in [2.45, 2.75) is 19.4 Å². The molecule has 1 unspecified atom stereocenters. The smallest absolute Gasteiger partial charge is 0.255 e. The van der Waals surface area contributed by atoms with Crippen molar-refractivity contribution in [1.82, 2.24) is 15.3 Å². The van der Waals surface area contributed by atoms with Gasteiger partial charge in [0.1, 0.15) is 17.3 Å². The number of carbonyl (C=O) groups is 1. The highest BCUT2D eigenvalue weighted by molar-refractivity contribution is 5.97. The van der Waals surface area contributed by atoms with Crippen molar-refractivity contribution in [2.75, 3.05) is 7.11 Å². The minimum absolute atomic E-state index is 0.115. The van der Waals surface area contributed by atoms with Crippen LogP contribution in [0.15, 0.2) is 30.6 Å². The van der Waals surface area contributed by atoms with Crippen molar-refractivity contribution in [2.24, 2.45) is 0 Å². The Morgan fingerprint density at radius 3 is 2.90 bits per heavy atom. The second-order valence-electron chi connectivity index (χ2n) is 4.29. The molecule has 6 heteroatoms. The number of benzene rings is 1. The molecule has 1 heterocycles. The van der Waals surface area contributed by atoms with E-state index in [9.17, 15) is 9.90 Å². The summed E-state index contributed by atoms with van der Waals surface area (Å²) < 4.78 is 4.98. The van der Waals surface area contributed by atoms with Crippen LogP contribution in [0, 0.1) is 0 Å². The van der Waals surface area contributed by atoms with E-state index in [4.69, 9.17) is 4.74 Å². The monoisotopic (exact) mass is 275 g/mol. The van der Waals surface area contributed by atoms with Gasteiger partial charge in [-0.25, -0.2) is 4.98 Å². The Kier molecular flexibility index (Phi) is 4.24. The lowest BCUT2D eigenvalue weighted by atomic mass is 10.1. The van der Waals surface area contributed by atoms with E-state index >= 15 is 0 Å². The number of hydrogen-bond acceptors (Lipinski definition) is 4. The summed E-state index contributed by atoms with van der Waals surface area (Å²) >= 11 is 0. The van der Waals surface area contributed by atoms with Crippen molar-refractivity contribution < 1.29 is 14.6 Å². The maximum atomic E-state index is 12.2. The number of nitrogens with zero attached hydrogens (tertiary/aromatic N) is 1. The summed E-state index contributed by atoms with van der Waals surface area (Å²) in [6.45, 7) is 1.95. The molecule has 3 N–H and O–H groups in total. The third-order valence-electron chi connectivity index (χ3n) is 3.01. The Labute approximate surface area is 116 Å². The van der Waals surface area contributed by atoms with E-state index in [1.807, 2.05) is 6.92 Å². The molecule has 2 aromatic rings. The number of aromatic hydroxyl groups is 1. The van der Waals surface area contributed by atoms with E-state index in [2.05, 4.69) is 15.3 Å². The number of carbonyl (C=O) groups excluding carboxylic acids is 1. The molecule has 1 aromatic heterocycles. The lowest BCUT2D eigenvalue weighted by Crippen LogP contribution is -2.28. The fourth-order valence-electron chi connectivity index (χ4n) is 1.90. The molecule has 0 aliphatic carbocycles. The Balaban J connectivity index is 2.15. The molecule has 1 aromatic carbocycles. The molecule has 0 aliphatic heterocycles. The first-order valence-electron chi connectivity index (χ1n) is 6.32. The lowest BCUT2D eigenvalue weighted by Gasteiger charge is -2.15. The highest BCUT2D eigenvalue weighted by atomic mass is 16.5. The average Bonchev–Trinajstić information content (AvgIpc) is 2.98. The first-order valence-corrected chi connectivity index (χ1v) is 6.32. The number of aromatic nitrogens is 2. The van der Waals surface area contributed by atoms with Crippen molar-refractivity contribution >= 4 is 5.91 Å². The number of ether oxygens (including phenoxy) is 1. The van der Waals surface area contributed by atoms with Crippen LogP contribution in [0.2, 0.25) is 0 Å². The highest BCUT2D eigenvalue weighted by Crippen LogP contribution is 2.24. The third kappa shape index (κ3) is 2.90. The van der Waals surface area contributed by atoms with Gasteiger partial charge in [-0.2, -0.15) is 0 Å². The Morgan fingerprint density at radius 1 is 1.55 bits per heavy atom. The normalized spacial score (nSPS) is 11.9. The number of phenolic OH excluding ortho intramolecular Hbond substituents is 1. The molecular weight excluding hydrogens is 258 g/mol. The molecule has 20 heavy (non-hydrogen) atoms. The SMILES string of the molecule is CCC(NC(=O)c1ccc(OC)cc1O)c1ncc[nH]1. The molecule has 2 rings (SSSR count).